The molecule has 0 saturated carbocycles. The highest BCUT2D eigenvalue weighted by Crippen LogP contribution is 2.22. The van der Waals surface area contributed by atoms with Gasteiger partial charge in [0.2, 0.25) is 5.91 Å². The Kier molecular flexibility index (Phi) is 7.85. The molecule has 0 fully saturated rings. The third kappa shape index (κ3) is 5.82. The van der Waals surface area contributed by atoms with Crippen LogP contribution in [0.15, 0.2) is 53.0 Å². The van der Waals surface area contributed by atoms with Crippen molar-refractivity contribution in [2.75, 3.05) is 13.7 Å². The maximum Gasteiger partial charge on any atom is 0.261 e. The van der Waals surface area contributed by atoms with Crippen molar-refractivity contribution in [3.8, 4) is 5.75 Å². The van der Waals surface area contributed by atoms with E-state index < -0.39 is 6.04 Å². The van der Waals surface area contributed by atoms with Crippen LogP contribution in [0.4, 0.5) is 0 Å². The van der Waals surface area contributed by atoms with E-state index in [1.807, 2.05) is 62.4 Å². The molecule has 0 radical (unpaired) electrons. The van der Waals surface area contributed by atoms with Crippen LogP contribution in [0.5, 0.6) is 5.75 Å². The van der Waals surface area contributed by atoms with Gasteiger partial charge in [0, 0.05) is 18.1 Å². The number of carbonyl (C=O) groups excluding carboxylic acids is 2. The van der Waals surface area contributed by atoms with Crippen LogP contribution in [0.1, 0.15) is 24.5 Å². The van der Waals surface area contributed by atoms with Crippen molar-refractivity contribution in [2.45, 2.75) is 32.9 Å². The van der Waals surface area contributed by atoms with Gasteiger partial charge >= 0.3 is 0 Å². The minimum Gasteiger partial charge on any atom is -0.484 e. The van der Waals surface area contributed by atoms with E-state index in [9.17, 15) is 9.59 Å². The molecule has 0 spiro atoms. The topological polar surface area (TPSA) is 58.6 Å². The van der Waals surface area contributed by atoms with E-state index in [1.54, 1.807) is 11.9 Å². The van der Waals surface area contributed by atoms with Crippen LogP contribution in [-0.4, -0.2) is 36.4 Å². The Morgan fingerprint density at radius 2 is 1.89 bits per heavy atom. The Labute approximate surface area is 168 Å². The summed E-state index contributed by atoms with van der Waals surface area (Å²) in [6, 6.07) is 14.7. The highest BCUT2D eigenvalue weighted by atomic mass is 79.9. The van der Waals surface area contributed by atoms with Crippen LogP contribution in [-0.2, 0) is 16.1 Å². The first-order valence-electron chi connectivity index (χ1n) is 8.90. The molecule has 1 N–H and O–H groups in total. The lowest BCUT2D eigenvalue weighted by atomic mass is 10.1. The van der Waals surface area contributed by atoms with E-state index >= 15 is 0 Å². The minimum absolute atomic E-state index is 0.124. The number of hydrogen-bond acceptors (Lipinski definition) is 3. The van der Waals surface area contributed by atoms with Crippen LogP contribution in [0.3, 0.4) is 0 Å². The Morgan fingerprint density at radius 1 is 1.19 bits per heavy atom. The summed E-state index contributed by atoms with van der Waals surface area (Å²) in [5.74, 6) is 0.216. The van der Waals surface area contributed by atoms with Gasteiger partial charge in [-0.2, -0.15) is 0 Å². The Bertz CT molecular complexity index is 780. The number of halogens is 1. The number of likely N-dealkylation sites (N-methyl/N-ethyl adjacent to an activating group) is 1. The molecule has 2 aromatic carbocycles. The standard InChI is InChI=1S/C21H25BrN2O3/c1-4-19(21(26)23-3)24(13-16-8-6-5-7-9-16)20(25)14-27-17-10-11-18(22)15(2)12-17/h5-12,19H,4,13-14H2,1-3H3,(H,23,26)/t19-/m1/s1. The fourth-order valence-corrected chi connectivity index (χ4v) is 3.05. The number of rotatable bonds is 8. The normalized spacial score (nSPS) is 11.6. The Balaban J connectivity index is 2.16. The van der Waals surface area contributed by atoms with Gasteiger partial charge in [-0.15, -0.1) is 0 Å². The summed E-state index contributed by atoms with van der Waals surface area (Å²) in [6.07, 6.45) is 0.523. The van der Waals surface area contributed by atoms with Crippen molar-refractivity contribution >= 4 is 27.7 Å². The number of aryl methyl sites for hydroxylation is 1. The Morgan fingerprint density at radius 3 is 2.48 bits per heavy atom. The lowest BCUT2D eigenvalue weighted by Crippen LogP contribution is -2.49. The van der Waals surface area contributed by atoms with E-state index in [1.165, 1.54) is 0 Å². The highest BCUT2D eigenvalue weighted by Gasteiger charge is 2.28. The third-order valence-electron chi connectivity index (χ3n) is 4.32. The molecule has 1 atom stereocenters. The molecule has 0 bridgehead atoms. The molecule has 144 valence electrons. The second-order valence-corrected chi connectivity index (χ2v) is 7.10. The number of nitrogens with zero attached hydrogens (tertiary/aromatic N) is 1. The van der Waals surface area contributed by atoms with Crippen LogP contribution in [0.25, 0.3) is 0 Å². The average molecular weight is 433 g/mol. The van der Waals surface area contributed by atoms with Gasteiger partial charge in [-0.05, 0) is 42.7 Å². The second kappa shape index (κ2) is 10.1. The first-order chi connectivity index (χ1) is 13.0. The zero-order valence-corrected chi connectivity index (χ0v) is 17.5. The van der Waals surface area contributed by atoms with Crippen molar-refractivity contribution in [3.63, 3.8) is 0 Å². The van der Waals surface area contributed by atoms with Gasteiger partial charge in [0.25, 0.3) is 5.91 Å². The fourth-order valence-electron chi connectivity index (χ4n) is 2.80. The fraction of sp³-hybridized carbons (Fsp3) is 0.333. The maximum absolute atomic E-state index is 12.9. The summed E-state index contributed by atoms with van der Waals surface area (Å²) < 4.78 is 6.67. The summed E-state index contributed by atoms with van der Waals surface area (Å²) in [5, 5.41) is 2.65. The molecule has 0 unspecified atom stereocenters. The van der Waals surface area contributed by atoms with Crippen molar-refractivity contribution in [1.29, 1.82) is 0 Å². The van der Waals surface area contributed by atoms with Gasteiger partial charge < -0.3 is 15.0 Å². The number of nitrogens with one attached hydrogen (secondary N) is 1. The number of ether oxygens (including phenoxy) is 1. The van der Waals surface area contributed by atoms with Gasteiger partial charge in [0.15, 0.2) is 6.61 Å². The monoisotopic (exact) mass is 432 g/mol. The molecule has 0 aliphatic rings. The number of carbonyl (C=O) groups is 2. The van der Waals surface area contributed by atoms with Gasteiger partial charge in [0.05, 0.1) is 0 Å². The largest absolute Gasteiger partial charge is 0.484 e. The molecular formula is C21H25BrN2O3. The SMILES string of the molecule is CC[C@H](C(=O)NC)N(Cc1ccccc1)C(=O)COc1ccc(Br)c(C)c1. The minimum atomic E-state index is -0.544. The lowest BCUT2D eigenvalue weighted by molar-refractivity contribution is -0.142. The summed E-state index contributed by atoms with van der Waals surface area (Å²) in [7, 11) is 1.58. The predicted octanol–water partition coefficient (Wildman–Crippen LogP) is 3.69. The molecule has 6 heteroatoms. The van der Waals surface area contributed by atoms with Gasteiger partial charge in [-0.25, -0.2) is 0 Å². The quantitative estimate of drug-likeness (QED) is 0.691. The van der Waals surface area contributed by atoms with E-state index in [2.05, 4.69) is 21.2 Å². The number of amides is 2. The summed E-state index contributed by atoms with van der Waals surface area (Å²) in [5.41, 5.74) is 1.99. The zero-order valence-electron chi connectivity index (χ0n) is 15.9. The number of benzene rings is 2. The van der Waals surface area contributed by atoms with Crippen LogP contribution >= 0.6 is 15.9 Å². The predicted molar refractivity (Wildman–Crippen MR) is 110 cm³/mol. The third-order valence-corrected chi connectivity index (χ3v) is 5.21. The second-order valence-electron chi connectivity index (χ2n) is 6.25. The molecule has 0 aliphatic carbocycles. The summed E-state index contributed by atoms with van der Waals surface area (Å²) in [4.78, 5) is 26.8. The summed E-state index contributed by atoms with van der Waals surface area (Å²) >= 11 is 3.45. The average Bonchev–Trinajstić information content (AvgIpc) is 2.69. The molecule has 27 heavy (non-hydrogen) atoms. The van der Waals surface area contributed by atoms with E-state index in [0.29, 0.717) is 18.7 Å². The highest BCUT2D eigenvalue weighted by molar-refractivity contribution is 9.10. The number of hydrogen-bond donors (Lipinski definition) is 1. The van der Waals surface area contributed by atoms with Crippen molar-refractivity contribution in [1.82, 2.24) is 10.2 Å². The first kappa shape index (κ1) is 21.0. The molecule has 2 amide bonds. The molecule has 5 nitrogen and oxygen atoms in total. The van der Waals surface area contributed by atoms with Crippen molar-refractivity contribution in [3.05, 3.63) is 64.1 Å². The van der Waals surface area contributed by atoms with Gasteiger partial charge in [0.1, 0.15) is 11.8 Å². The van der Waals surface area contributed by atoms with Crippen LogP contribution in [0.2, 0.25) is 0 Å². The molecule has 0 aromatic heterocycles. The molecule has 0 heterocycles. The van der Waals surface area contributed by atoms with Gasteiger partial charge in [-0.1, -0.05) is 53.2 Å². The van der Waals surface area contributed by atoms with Crippen LogP contribution in [0, 0.1) is 6.92 Å². The molecule has 0 aliphatic heterocycles. The van der Waals surface area contributed by atoms with Crippen molar-refractivity contribution in [2.24, 2.45) is 0 Å². The first-order valence-corrected chi connectivity index (χ1v) is 9.69. The summed E-state index contributed by atoms with van der Waals surface area (Å²) in [6.45, 7) is 4.08. The Hall–Kier alpha value is -2.34. The smallest absolute Gasteiger partial charge is 0.261 e. The van der Waals surface area contributed by atoms with Crippen molar-refractivity contribution < 1.29 is 14.3 Å². The zero-order chi connectivity index (χ0) is 19.8. The van der Waals surface area contributed by atoms with Crippen LogP contribution < -0.4 is 10.1 Å². The van der Waals surface area contributed by atoms with E-state index in [-0.39, 0.29) is 18.4 Å². The van der Waals surface area contributed by atoms with E-state index in [0.717, 1.165) is 15.6 Å². The maximum atomic E-state index is 12.9. The van der Waals surface area contributed by atoms with Gasteiger partial charge in [-0.3, -0.25) is 9.59 Å². The molecular weight excluding hydrogens is 408 g/mol. The van der Waals surface area contributed by atoms with E-state index in [4.69, 9.17) is 4.74 Å². The molecule has 2 aromatic rings. The molecule has 2 rings (SSSR count). The lowest BCUT2D eigenvalue weighted by Gasteiger charge is -2.30. The molecule has 0 saturated heterocycles.